The molecule has 18 heavy (non-hydrogen) atoms. The molecule has 1 aliphatic heterocycles. The molecule has 2 rings (SSSR count). The Morgan fingerprint density at radius 1 is 1.39 bits per heavy atom. The molecule has 100 valence electrons. The van der Waals surface area contributed by atoms with Crippen LogP contribution in [0.2, 0.25) is 0 Å². The normalized spacial score (nSPS) is 20.1. The van der Waals surface area contributed by atoms with E-state index in [4.69, 9.17) is 0 Å². The van der Waals surface area contributed by atoms with E-state index in [2.05, 4.69) is 32.4 Å². The molecule has 0 amide bonds. The van der Waals surface area contributed by atoms with Crippen molar-refractivity contribution in [2.75, 3.05) is 43.9 Å². The van der Waals surface area contributed by atoms with Gasteiger partial charge in [0.15, 0.2) is 0 Å². The molecule has 1 aliphatic rings. The van der Waals surface area contributed by atoms with E-state index in [1.165, 1.54) is 19.5 Å². The van der Waals surface area contributed by atoms with Crippen LogP contribution in [0.3, 0.4) is 0 Å². The second-order valence-electron chi connectivity index (χ2n) is 4.86. The Hall–Kier alpha value is -1.36. The van der Waals surface area contributed by atoms with Crippen LogP contribution in [0.5, 0.6) is 0 Å². The minimum absolute atomic E-state index is 0.734. The fourth-order valence-electron chi connectivity index (χ4n) is 2.40. The van der Waals surface area contributed by atoms with Crippen molar-refractivity contribution in [3.63, 3.8) is 0 Å². The number of rotatable bonds is 5. The molecule has 0 aromatic carbocycles. The molecule has 5 nitrogen and oxygen atoms in total. The summed E-state index contributed by atoms with van der Waals surface area (Å²) in [7, 11) is 1.88. The molecular weight excluding hydrogens is 226 g/mol. The maximum Gasteiger partial charge on any atom is 0.131 e. The molecule has 0 radical (unpaired) electrons. The van der Waals surface area contributed by atoms with Crippen molar-refractivity contribution in [2.45, 2.75) is 20.3 Å². The molecular formula is C13H23N5. The number of likely N-dealkylation sites (tertiary alicyclic amines) is 1. The smallest absolute Gasteiger partial charge is 0.131 e. The van der Waals surface area contributed by atoms with Gasteiger partial charge in [-0.3, -0.25) is 0 Å². The maximum absolute atomic E-state index is 4.41. The molecule has 0 saturated carbocycles. The van der Waals surface area contributed by atoms with Crippen molar-refractivity contribution < 1.29 is 0 Å². The minimum Gasteiger partial charge on any atom is -0.373 e. The predicted molar refractivity (Wildman–Crippen MR) is 75.0 cm³/mol. The lowest BCUT2D eigenvalue weighted by Gasteiger charge is -2.14. The monoisotopic (exact) mass is 249 g/mol. The molecule has 0 spiro atoms. The van der Waals surface area contributed by atoms with Gasteiger partial charge in [0.25, 0.3) is 0 Å². The summed E-state index contributed by atoms with van der Waals surface area (Å²) in [5.41, 5.74) is 0. The molecule has 2 heterocycles. The van der Waals surface area contributed by atoms with E-state index < -0.39 is 0 Å². The largest absolute Gasteiger partial charge is 0.373 e. The van der Waals surface area contributed by atoms with Crippen LogP contribution in [0.15, 0.2) is 6.07 Å². The van der Waals surface area contributed by atoms with Gasteiger partial charge in [-0.2, -0.15) is 0 Å². The van der Waals surface area contributed by atoms with Gasteiger partial charge in [0.2, 0.25) is 0 Å². The van der Waals surface area contributed by atoms with Crippen molar-refractivity contribution >= 4 is 11.6 Å². The average molecular weight is 249 g/mol. The summed E-state index contributed by atoms with van der Waals surface area (Å²) in [4.78, 5) is 11.2. The second kappa shape index (κ2) is 6.00. The lowest BCUT2D eigenvalue weighted by molar-refractivity contribution is 0.345. The van der Waals surface area contributed by atoms with E-state index in [9.17, 15) is 0 Å². The first-order chi connectivity index (χ1) is 8.71. The molecule has 1 aromatic rings. The van der Waals surface area contributed by atoms with E-state index in [0.29, 0.717) is 0 Å². The number of nitrogens with zero attached hydrogens (tertiary/aromatic N) is 3. The molecule has 1 aromatic heterocycles. The van der Waals surface area contributed by atoms with Crippen LogP contribution in [0.1, 0.15) is 19.2 Å². The Kier molecular flexibility index (Phi) is 4.36. The van der Waals surface area contributed by atoms with Crippen LogP contribution in [-0.4, -0.2) is 48.1 Å². The topological polar surface area (TPSA) is 53.1 Å². The Morgan fingerprint density at radius 3 is 2.83 bits per heavy atom. The highest BCUT2D eigenvalue weighted by molar-refractivity contribution is 5.47. The van der Waals surface area contributed by atoms with Gasteiger partial charge < -0.3 is 15.5 Å². The van der Waals surface area contributed by atoms with Crippen LogP contribution in [0.4, 0.5) is 11.6 Å². The summed E-state index contributed by atoms with van der Waals surface area (Å²) >= 11 is 0. The van der Waals surface area contributed by atoms with E-state index in [1.54, 1.807) is 0 Å². The molecule has 1 unspecified atom stereocenters. The van der Waals surface area contributed by atoms with Crippen molar-refractivity contribution in [3.05, 3.63) is 11.9 Å². The highest BCUT2D eigenvalue weighted by Gasteiger charge is 2.20. The minimum atomic E-state index is 0.734. The highest BCUT2D eigenvalue weighted by atomic mass is 15.1. The van der Waals surface area contributed by atoms with Crippen LogP contribution < -0.4 is 10.6 Å². The Morgan fingerprint density at radius 2 is 2.17 bits per heavy atom. The molecule has 1 fully saturated rings. The second-order valence-corrected chi connectivity index (χ2v) is 4.86. The summed E-state index contributed by atoms with van der Waals surface area (Å²) in [5, 5.41) is 6.48. The standard InChI is InChI=1S/C13H23N5/c1-4-18-6-5-11(9-18)8-15-13-7-12(14-3)16-10(2)17-13/h7,11H,4-6,8-9H2,1-3H3,(H2,14,15,16,17). The first-order valence-corrected chi connectivity index (χ1v) is 6.71. The third kappa shape index (κ3) is 3.32. The van der Waals surface area contributed by atoms with Crippen molar-refractivity contribution in [1.29, 1.82) is 0 Å². The fourth-order valence-corrected chi connectivity index (χ4v) is 2.40. The van der Waals surface area contributed by atoms with E-state index >= 15 is 0 Å². The molecule has 1 atom stereocenters. The lowest BCUT2D eigenvalue weighted by atomic mass is 10.1. The van der Waals surface area contributed by atoms with E-state index in [0.717, 1.165) is 36.5 Å². The molecule has 0 aliphatic carbocycles. The van der Waals surface area contributed by atoms with Gasteiger partial charge in [-0.15, -0.1) is 0 Å². The summed E-state index contributed by atoms with van der Waals surface area (Å²) in [6.07, 6.45) is 1.28. The number of aromatic nitrogens is 2. The van der Waals surface area contributed by atoms with Gasteiger partial charge in [-0.05, 0) is 32.4 Å². The van der Waals surface area contributed by atoms with Crippen LogP contribution in [-0.2, 0) is 0 Å². The Labute approximate surface area is 109 Å². The summed E-state index contributed by atoms with van der Waals surface area (Å²) in [5.74, 6) is 3.32. The Bertz CT molecular complexity index is 393. The third-order valence-corrected chi connectivity index (χ3v) is 3.48. The zero-order chi connectivity index (χ0) is 13.0. The van der Waals surface area contributed by atoms with Gasteiger partial charge in [0.1, 0.15) is 17.5 Å². The lowest BCUT2D eigenvalue weighted by Crippen LogP contribution is -2.22. The summed E-state index contributed by atoms with van der Waals surface area (Å²) in [6, 6.07) is 1.96. The zero-order valence-corrected chi connectivity index (χ0v) is 11.5. The first kappa shape index (κ1) is 13.1. The van der Waals surface area contributed by atoms with Gasteiger partial charge in [0.05, 0.1) is 0 Å². The number of hydrogen-bond donors (Lipinski definition) is 2. The summed E-state index contributed by atoms with van der Waals surface area (Å²) in [6.45, 7) is 8.73. The van der Waals surface area contributed by atoms with Crippen molar-refractivity contribution in [2.24, 2.45) is 5.92 Å². The van der Waals surface area contributed by atoms with Crippen LogP contribution >= 0.6 is 0 Å². The molecule has 5 heteroatoms. The number of nitrogens with one attached hydrogen (secondary N) is 2. The first-order valence-electron chi connectivity index (χ1n) is 6.71. The predicted octanol–water partition coefficient (Wildman–Crippen LogP) is 1.58. The number of anilines is 2. The maximum atomic E-state index is 4.41. The Balaban J connectivity index is 1.88. The third-order valence-electron chi connectivity index (χ3n) is 3.48. The quantitative estimate of drug-likeness (QED) is 0.830. The van der Waals surface area contributed by atoms with Crippen LogP contribution in [0.25, 0.3) is 0 Å². The van der Waals surface area contributed by atoms with E-state index in [-0.39, 0.29) is 0 Å². The number of aryl methyl sites for hydroxylation is 1. The molecule has 0 bridgehead atoms. The number of hydrogen-bond acceptors (Lipinski definition) is 5. The van der Waals surface area contributed by atoms with Gasteiger partial charge in [-0.1, -0.05) is 6.92 Å². The average Bonchev–Trinajstić information content (AvgIpc) is 2.83. The SMILES string of the molecule is CCN1CCC(CNc2cc(NC)nc(C)n2)C1. The van der Waals surface area contributed by atoms with Gasteiger partial charge >= 0.3 is 0 Å². The van der Waals surface area contributed by atoms with Crippen LogP contribution in [0, 0.1) is 12.8 Å². The molecule has 1 saturated heterocycles. The summed E-state index contributed by atoms with van der Waals surface area (Å²) < 4.78 is 0. The fraction of sp³-hybridized carbons (Fsp3) is 0.692. The highest BCUT2D eigenvalue weighted by Crippen LogP contribution is 2.17. The van der Waals surface area contributed by atoms with Crippen molar-refractivity contribution in [3.8, 4) is 0 Å². The zero-order valence-electron chi connectivity index (χ0n) is 11.5. The van der Waals surface area contributed by atoms with Crippen molar-refractivity contribution in [1.82, 2.24) is 14.9 Å². The van der Waals surface area contributed by atoms with E-state index in [1.807, 2.05) is 20.0 Å². The van der Waals surface area contributed by atoms with Gasteiger partial charge in [-0.25, -0.2) is 9.97 Å². The molecule has 2 N–H and O–H groups in total. The van der Waals surface area contributed by atoms with Gasteiger partial charge in [0, 0.05) is 26.2 Å².